The first-order valence-electron chi connectivity index (χ1n) is 9.99. The number of carboxylic acids is 1. The van der Waals surface area contributed by atoms with Crippen LogP contribution < -0.4 is 10.0 Å². The Morgan fingerprint density at radius 2 is 1.61 bits per heavy atom. The standard InChI is InChI=1S/C18H14N4O5S.C4H11N/c23-16-9-6-13(11-15(16)18(24)25)21-20-12-4-7-14(8-5-12)28(26,27)22-17-3-1-2-10-19-17;1-3-5-4-2/h1-11,23H,(H,19,22)(H,24,25);5H,3-4H2,1-2H3/b21-20+;. The third-order valence-corrected chi connectivity index (χ3v) is 5.41. The Labute approximate surface area is 192 Å². The number of phenols is 1. The van der Waals surface area contributed by atoms with Gasteiger partial charge in [0.15, 0.2) is 0 Å². The minimum Gasteiger partial charge on any atom is -0.507 e. The van der Waals surface area contributed by atoms with Crippen molar-refractivity contribution in [1.29, 1.82) is 0 Å². The molecule has 0 saturated heterocycles. The molecule has 2 aromatic carbocycles. The van der Waals surface area contributed by atoms with E-state index in [1.54, 1.807) is 12.1 Å². The van der Waals surface area contributed by atoms with Crippen LogP contribution in [0.2, 0.25) is 0 Å². The van der Waals surface area contributed by atoms with Crippen LogP contribution in [0.25, 0.3) is 0 Å². The normalized spacial score (nSPS) is 11.0. The number of carbonyl (C=O) groups is 1. The lowest BCUT2D eigenvalue weighted by atomic mass is 10.2. The molecule has 1 heterocycles. The Morgan fingerprint density at radius 3 is 2.15 bits per heavy atom. The van der Waals surface area contributed by atoms with E-state index in [1.165, 1.54) is 54.7 Å². The molecule has 1 aromatic heterocycles. The van der Waals surface area contributed by atoms with Gasteiger partial charge in [0.05, 0.1) is 16.3 Å². The van der Waals surface area contributed by atoms with E-state index in [4.69, 9.17) is 5.11 Å². The molecule has 0 unspecified atom stereocenters. The molecular formula is C22H25N5O5S. The Bertz CT molecular complexity index is 1180. The van der Waals surface area contributed by atoms with Crippen LogP contribution in [-0.4, -0.2) is 42.7 Å². The zero-order valence-electron chi connectivity index (χ0n) is 18.1. The zero-order chi connectivity index (χ0) is 24.3. The summed E-state index contributed by atoms with van der Waals surface area (Å²) < 4.78 is 27.0. The smallest absolute Gasteiger partial charge is 0.339 e. The average molecular weight is 472 g/mol. The summed E-state index contributed by atoms with van der Waals surface area (Å²) in [5.41, 5.74) is 0.295. The Hall–Kier alpha value is -3.83. The molecule has 4 N–H and O–H groups in total. The van der Waals surface area contributed by atoms with Crippen LogP contribution >= 0.6 is 0 Å². The fraction of sp³-hybridized carbons (Fsp3) is 0.182. The minimum atomic E-state index is -3.79. The molecule has 0 spiro atoms. The Morgan fingerprint density at radius 1 is 0.970 bits per heavy atom. The van der Waals surface area contributed by atoms with E-state index in [0.717, 1.165) is 13.1 Å². The molecule has 0 bridgehead atoms. The molecule has 0 aliphatic carbocycles. The van der Waals surface area contributed by atoms with Gasteiger partial charge in [-0.05, 0) is 67.7 Å². The molecule has 10 nitrogen and oxygen atoms in total. The van der Waals surface area contributed by atoms with Crippen molar-refractivity contribution in [2.45, 2.75) is 18.7 Å². The molecule has 174 valence electrons. The number of hydrogen-bond acceptors (Lipinski definition) is 8. The van der Waals surface area contributed by atoms with Gasteiger partial charge in [-0.15, -0.1) is 0 Å². The van der Waals surface area contributed by atoms with E-state index in [2.05, 4.69) is 39.1 Å². The van der Waals surface area contributed by atoms with Crippen molar-refractivity contribution < 1.29 is 23.4 Å². The van der Waals surface area contributed by atoms with E-state index < -0.39 is 16.0 Å². The van der Waals surface area contributed by atoms with Crippen LogP contribution in [-0.2, 0) is 10.0 Å². The van der Waals surface area contributed by atoms with E-state index in [0.29, 0.717) is 5.69 Å². The summed E-state index contributed by atoms with van der Waals surface area (Å²) >= 11 is 0. The fourth-order valence-corrected chi connectivity index (χ4v) is 3.44. The van der Waals surface area contributed by atoms with Crippen molar-refractivity contribution in [2.75, 3.05) is 17.8 Å². The van der Waals surface area contributed by atoms with Gasteiger partial charge in [0, 0.05) is 6.20 Å². The van der Waals surface area contributed by atoms with Gasteiger partial charge in [-0.1, -0.05) is 19.9 Å². The maximum Gasteiger partial charge on any atom is 0.339 e. The highest BCUT2D eigenvalue weighted by atomic mass is 32.2. The predicted molar refractivity (Wildman–Crippen MR) is 125 cm³/mol. The number of anilines is 1. The van der Waals surface area contributed by atoms with Crippen LogP contribution in [0.3, 0.4) is 0 Å². The van der Waals surface area contributed by atoms with E-state index >= 15 is 0 Å². The minimum absolute atomic E-state index is 0.0231. The lowest BCUT2D eigenvalue weighted by molar-refractivity contribution is 0.0693. The van der Waals surface area contributed by atoms with Crippen LogP contribution in [0.4, 0.5) is 17.2 Å². The molecule has 33 heavy (non-hydrogen) atoms. The maximum atomic E-state index is 12.3. The number of nitrogens with zero attached hydrogens (tertiary/aromatic N) is 3. The second kappa shape index (κ2) is 12.3. The van der Waals surface area contributed by atoms with Crippen molar-refractivity contribution in [3.63, 3.8) is 0 Å². The number of nitrogens with one attached hydrogen (secondary N) is 2. The van der Waals surface area contributed by atoms with Gasteiger partial charge in [-0.2, -0.15) is 10.2 Å². The number of pyridine rings is 1. The van der Waals surface area contributed by atoms with Gasteiger partial charge < -0.3 is 15.5 Å². The lowest BCUT2D eigenvalue weighted by Crippen LogP contribution is -2.13. The van der Waals surface area contributed by atoms with Crippen molar-refractivity contribution in [2.24, 2.45) is 10.2 Å². The topological polar surface area (TPSA) is 153 Å². The molecule has 0 saturated carbocycles. The molecule has 0 aliphatic rings. The van der Waals surface area contributed by atoms with Crippen molar-refractivity contribution in [3.05, 3.63) is 72.4 Å². The van der Waals surface area contributed by atoms with Crippen molar-refractivity contribution in [3.8, 4) is 5.75 Å². The van der Waals surface area contributed by atoms with Gasteiger partial charge in [0.2, 0.25) is 0 Å². The van der Waals surface area contributed by atoms with E-state index in [9.17, 15) is 18.3 Å². The number of aromatic hydroxyl groups is 1. The van der Waals surface area contributed by atoms with Crippen molar-refractivity contribution in [1.82, 2.24) is 10.3 Å². The molecule has 3 aromatic rings. The Kier molecular flexibility index (Phi) is 9.45. The second-order valence-electron chi connectivity index (χ2n) is 6.48. The first kappa shape index (κ1) is 25.4. The highest BCUT2D eigenvalue weighted by Crippen LogP contribution is 2.25. The highest BCUT2D eigenvalue weighted by molar-refractivity contribution is 7.92. The summed E-state index contributed by atoms with van der Waals surface area (Å²) in [6.07, 6.45) is 1.47. The predicted octanol–water partition coefficient (Wildman–Crippen LogP) is 4.32. The maximum absolute atomic E-state index is 12.3. The molecule has 3 rings (SSSR count). The molecular weight excluding hydrogens is 446 g/mol. The molecule has 0 fully saturated rings. The largest absolute Gasteiger partial charge is 0.507 e. The summed E-state index contributed by atoms with van der Waals surface area (Å²) in [5, 5.41) is 29.4. The Balaban J connectivity index is 0.000000696. The van der Waals surface area contributed by atoms with Crippen LogP contribution in [0.1, 0.15) is 24.2 Å². The lowest BCUT2D eigenvalue weighted by Gasteiger charge is -2.07. The number of hydrogen-bond donors (Lipinski definition) is 4. The van der Waals surface area contributed by atoms with E-state index in [-0.39, 0.29) is 27.7 Å². The van der Waals surface area contributed by atoms with Crippen LogP contribution in [0, 0.1) is 0 Å². The number of azo groups is 1. The van der Waals surface area contributed by atoms with Crippen molar-refractivity contribution >= 4 is 33.2 Å². The van der Waals surface area contributed by atoms with Gasteiger partial charge in [0.25, 0.3) is 10.0 Å². The van der Waals surface area contributed by atoms with Crippen LogP contribution in [0.15, 0.2) is 82.0 Å². The fourth-order valence-electron chi connectivity index (χ4n) is 2.43. The summed E-state index contributed by atoms with van der Waals surface area (Å²) in [4.78, 5) is 14.9. The molecule has 0 amide bonds. The first-order chi connectivity index (χ1) is 15.8. The SMILES string of the molecule is CCNCC.O=C(O)c1cc(/N=N/c2ccc(S(=O)(=O)Nc3ccccn3)cc2)ccc1O. The monoisotopic (exact) mass is 471 g/mol. The summed E-state index contributed by atoms with van der Waals surface area (Å²) in [6.45, 7) is 6.39. The van der Waals surface area contributed by atoms with Gasteiger partial charge in [-0.3, -0.25) is 4.72 Å². The number of aromatic nitrogens is 1. The number of sulfonamides is 1. The average Bonchev–Trinajstić information content (AvgIpc) is 2.80. The number of rotatable bonds is 8. The summed E-state index contributed by atoms with van der Waals surface area (Å²) in [7, 11) is -3.79. The zero-order valence-corrected chi connectivity index (χ0v) is 19.0. The summed E-state index contributed by atoms with van der Waals surface area (Å²) in [5.74, 6) is -1.46. The number of carboxylic acid groups (broad SMARTS) is 1. The first-order valence-corrected chi connectivity index (χ1v) is 11.5. The molecule has 0 radical (unpaired) electrons. The van der Waals surface area contributed by atoms with E-state index in [1.807, 2.05) is 0 Å². The number of aromatic carboxylic acids is 1. The van der Waals surface area contributed by atoms with Gasteiger partial charge in [-0.25, -0.2) is 18.2 Å². The molecule has 0 aliphatic heterocycles. The third kappa shape index (κ3) is 7.98. The quantitative estimate of drug-likeness (QED) is 0.357. The molecule has 11 heteroatoms. The second-order valence-corrected chi connectivity index (χ2v) is 8.16. The van der Waals surface area contributed by atoms with Gasteiger partial charge in [0.1, 0.15) is 17.1 Å². The summed E-state index contributed by atoms with van der Waals surface area (Å²) in [6, 6.07) is 14.3. The number of benzene rings is 2. The highest BCUT2D eigenvalue weighted by Gasteiger charge is 2.14. The van der Waals surface area contributed by atoms with Gasteiger partial charge >= 0.3 is 5.97 Å². The van der Waals surface area contributed by atoms with Crippen LogP contribution in [0.5, 0.6) is 5.75 Å². The third-order valence-electron chi connectivity index (χ3n) is 4.04. The molecule has 0 atom stereocenters.